The van der Waals surface area contributed by atoms with Gasteiger partial charge in [-0.15, -0.1) is 0 Å². The Balaban J connectivity index is 2.45. The van der Waals surface area contributed by atoms with Crippen LogP contribution in [-0.2, 0) is 4.79 Å². The molecule has 0 aliphatic carbocycles. The Hall–Kier alpha value is -1.79. The van der Waals surface area contributed by atoms with Gasteiger partial charge in [0, 0.05) is 6.20 Å². The lowest BCUT2D eigenvalue weighted by Crippen LogP contribution is -2.45. The van der Waals surface area contributed by atoms with Crippen molar-refractivity contribution in [2.75, 3.05) is 0 Å². The molecule has 124 valence electrons. The number of hydrogen-bond donors (Lipinski definition) is 2. The summed E-state index contributed by atoms with van der Waals surface area (Å²) in [7, 11) is 0. The number of hydrogen-bond acceptors (Lipinski definition) is 3. The van der Waals surface area contributed by atoms with Crippen LogP contribution in [0.1, 0.15) is 36.5 Å². The minimum atomic E-state index is -1.07. The molecule has 6 nitrogen and oxygen atoms in total. The number of carboxylic acids is 1. The van der Waals surface area contributed by atoms with Gasteiger partial charge in [0.25, 0.3) is 5.91 Å². The van der Waals surface area contributed by atoms with Crippen molar-refractivity contribution in [2.45, 2.75) is 33.2 Å². The fourth-order valence-electron chi connectivity index (χ4n) is 2.35. The molecule has 0 aliphatic heterocycles. The van der Waals surface area contributed by atoms with Gasteiger partial charge in [0.2, 0.25) is 0 Å². The average Bonchev–Trinajstić information content (AvgIpc) is 2.80. The van der Waals surface area contributed by atoms with Crippen LogP contribution in [0.5, 0.6) is 0 Å². The highest BCUT2D eigenvalue weighted by atomic mass is 35.5. The Kier molecular flexibility index (Phi) is 5.16. The Morgan fingerprint density at radius 3 is 2.65 bits per heavy atom. The summed E-state index contributed by atoms with van der Waals surface area (Å²) in [5.41, 5.74) is 1.06. The number of nitrogens with one attached hydrogen (secondary N) is 1. The molecule has 2 heterocycles. The highest BCUT2D eigenvalue weighted by Crippen LogP contribution is 2.24. The minimum absolute atomic E-state index is 0.205. The molecular formula is C15H17Cl2N3O3. The number of halogens is 2. The van der Waals surface area contributed by atoms with Crippen molar-refractivity contribution in [2.24, 2.45) is 5.92 Å². The summed E-state index contributed by atoms with van der Waals surface area (Å²) >= 11 is 12.1. The van der Waals surface area contributed by atoms with Crippen LogP contribution in [-0.4, -0.2) is 32.4 Å². The van der Waals surface area contributed by atoms with Crippen molar-refractivity contribution in [3.63, 3.8) is 0 Å². The van der Waals surface area contributed by atoms with Crippen LogP contribution in [0.4, 0.5) is 0 Å². The van der Waals surface area contributed by atoms with E-state index in [0.29, 0.717) is 27.8 Å². The molecule has 0 spiro atoms. The van der Waals surface area contributed by atoms with Gasteiger partial charge in [-0.1, -0.05) is 43.5 Å². The summed E-state index contributed by atoms with van der Waals surface area (Å²) in [4.78, 5) is 28.2. The first-order valence-corrected chi connectivity index (χ1v) is 7.89. The summed E-state index contributed by atoms with van der Waals surface area (Å²) < 4.78 is 1.48. The number of rotatable bonds is 5. The molecule has 8 heteroatoms. The van der Waals surface area contributed by atoms with E-state index in [4.69, 9.17) is 23.2 Å². The summed E-state index contributed by atoms with van der Waals surface area (Å²) in [6, 6.07) is 0.554. The van der Waals surface area contributed by atoms with Crippen molar-refractivity contribution >= 4 is 40.7 Å². The molecule has 0 aliphatic rings. The lowest BCUT2D eigenvalue weighted by Gasteiger charge is -2.20. The molecule has 2 N–H and O–H groups in total. The normalized spacial score (nSPS) is 13.8. The average molecular weight is 358 g/mol. The maximum Gasteiger partial charge on any atom is 0.326 e. The van der Waals surface area contributed by atoms with Gasteiger partial charge in [-0.25, -0.2) is 9.78 Å². The first-order valence-electron chi connectivity index (χ1n) is 7.13. The monoisotopic (exact) mass is 357 g/mol. The lowest BCUT2D eigenvalue weighted by molar-refractivity contribution is -0.140. The molecule has 2 rings (SSSR count). The van der Waals surface area contributed by atoms with E-state index in [0.717, 1.165) is 0 Å². The van der Waals surface area contributed by atoms with Gasteiger partial charge in [0.1, 0.15) is 11.7 Å². The van der Waals surface area contributed by atoms with Crippen molar-refractivity contribution in [3.05, 3.63) is 33.7 Å². The third kappa shape index (κ3) is 3.43. The predicted molar refractivity (Wildman–Crippen MR) is 88.3 cm³/mol. The van der Waals surface area contributed by atoms with Gasteiger partial charge in [-0.05, 0) is 18.9 Å². The summed E-state index contributed by atoms with van der Waals surface area (Å²) in [5.74, 6) is -1.81. The van der Waals surface area contributed by atoms with Crippen molar-refractivity contribution in [3.8, 4) is 0 Å². The fourth-order valence-corrected chi connectivity index (χ4v) is 2.87. The van der Waals surface area contributed by atoms with E-state index in [1.807, 2.05) is 6.92 Å². The number of aliphatic carboxylic acids is 1. The first-order chi connectivity index (χ1) is 10.8. The largest absolute Gasteiger partial charge is 0.480 e. The highest BCUT2D eigenvalue weighted by molar-refractivity contribution is 6.36. The van der Waals surface area contributed by atoms with Crippen LogP contribution < -0.4 is 5.32 Å². The van der Waals surface area contributed by atoms with Crippen LogP contribution in [0.3, 0.4) is 0 Å². The molecule has 0 fully saturated rings. The second-order valence-corrected chi connectivity index (χ2v) is 6.26. The van der Waals surface area contributed by atoms with E-state index < -0.39 is 17.9 Å². The van der Waals surface area contributed by atoms with E-state index in [9.17, 15) is 14.7 Å². The number of nitrogens with zero attached hydrogens (tertiary/aromatic N) is 2. The molecular weight excluding hydrogens is 341 g/mol. The molecule has 2 atom stereocenters. The van der Waals surface area contributed by atoms with E-state index in [-0.39, 0.29) is 11.6 Å². The quantitative estimate of drug-likeness (QED) is 0.860. The van der Waals surface area contributed by atoms with Gasteiger partial charge in [-0.2, -0.15) is 0 Å². The van der Waals surface area contributed by atoms with Gasteiger partial charge >= 0.3 is 5.97 Å². The zero-order valence-corrected chi connectivity index (χ0v) is 14.4. The Bertz CT molecular complexity index is 773. The second-order valence-electron chi connectivity index (χ2n) is 5.42. The molecule has 0 saturated carbocycles. The van der Waals surface area contributed by atoms with E-state index >= 15 is 0 Å². The molecule has 0 bridgehead atoms. The SMILES string of the molecule is CCC(C)C(NC(=O)c1c(C)nc2c(Cl)cc(Cl)cn12)C(=O)O. The number of aryl methyl sites for hydroxylation is 1. The number of carbonyl (C=O) groups excluding carboxylic acids is 1. The topological polar surface area (TPSA) is 83.7 Å². The van der Waals surface area contributed by atoms with Crippen LogP contribution in [0.15, 0.2) is 12.3 Å². The fraction of sp³-hybridized carbons (Fsp3) is 0.400. The number of imidazole rings is 1. The zero-order chi connectivity index (χ0) is 17.3. The maximum absolute atomic E-state index is 12.6. The van der Waals surface area contributed by atoms with Crippen molar-refractivity contribution in [1.29, 1.82) is 0 Å². The van der Waals surface area contributed by atoms with E-state index in [2.05, 4.69) is 10.3 Å². The van der Waals surface area contributed by atoms with Crippen molar-refractivity contribution in [1.82, 2.24) is 14.7 Å². The molecule has 23 heavy (non-hydrogen) atoms. The number of amides is 1. The predicted octanol–water partition coefficient (Wildman–Crippen LogP) is 3.18. The molecule has 1 amide bonds. The van der Waals surface area contributed by atoms with E-state index in [1.165, 1.54) is 16.7 Å². The van der Waals surface area contributed by atoms with Crippen LogP contribution >= 0.6 is 23.2 Å². The number of carboxylic acid groups (broad SMARTS) is 1. The van der Waals surface area contributed by atoms with Gasteiger partial charge in [0.05, 0.1) is 15.7 Å². The number of fused-ring (bicyclic) bond motifs is 1. The number of carbonyl (C=O) groups is 2. The lowest BCUT2D eigenvalue weighted by atomic mass is 9.99. The molecule has 2 aromatic heterocycles. The highest BCUT2D eigenvalue weighted by Gasteiger charge is 2.28. The van der Waals surface area contributed by atoms with Crippen LogP contribution in [0, 0.1) is 12.8 Å². The molecule has 0 radical (unpaired) electrons. The summed E-state index contributed by atoms with van der Waals surface area (Å²) in [5, 5.41) is 12.5. The van der Waals surface area contributed by atoms with Gasteiger partial charge < -0.3 is 10.4 Å². The standard InChI is InChI=1S/C15H17Cl2N3O3/c1-4-7(2)11(15(22)23)19-14(21)12-8(3)18-13-10(17)5-9(16)6-20(12)13/h5-7,11H,4H2,1-3H3,(H,19,21)(H,22,23). The molecule has 0 aromatic carbocycles. The summed E-state index contributed by atoms with van der Waals surface area (Å²) in [6.07, 6.45) is 2.15. The molecule has 2 aromatic rings. The first kappa shape index (κ1) is 17.6. The third-order valence-corrected chi connectivity index (χ3v) is 4.28. The Labute approximate surface area is 143 Å². The Morgan fingerprint density at radius 1 is 1.43 bits per heavy atom. The van der Waals surface area contributed by atoms with Crippen LogP contribution in [0.25, 0.3) is 5.65 Å². The number of pyridine rings is 1. The van der Waals surface area contributed by atoms with Gasteiger partial charge in [0.15, 0.2) is 5.65 Å². The summed E-state index contributed by atoms with van der Waals surface area (Å²) in [6.45, 7) is 5.30. The third-order valence-electron chi connectivity index (χ3n) is 3.80. The zero-order valence-electron chi connectivity index (χ0n) is 12.9. The molecule has 0 saturated heterocycles. The Morgan fingerprint density at radius 2 is 2.09 bits per heavy atom. The second kappa shape index (κ2) is 6.76. The van der Waals surface area contributed by atoms with E-state index in [1.54, 1.807) is 13.8 Å². The molecule has 2 unspecified atom stereocenters. The van der Waals surface area contributed by atoms with Gasteiger partial charge in [-0.3, -0.25) is 9.20 Å². The minimum Gasteiger partial charge on any atom is -0.480 e. The smallest absolute Gasteiger partial charge is 0.326 e. The number of aromatic nitrogens is 2. The maximum atomic E-state index is 12.6. The van der Waals surface area contributed by atoms with Crippen LogP contribution in [0.2, 0.25) is 10.0 Å². The van der Waals surface area contributed by atoms with Crippen molar-refractivity contribution < 1.29 is 14.7 Å².